The van der Waals surface area contributed by atoms with Gasteiger partial charge in [-0.25, -0.2) is 0 Å². The van der Waals surface area contributed by atoms with E-state index in [-0.39, 0.29) is 17.7 Å². The van der Waals surface area contributed by atoms with Gasteiger partial charge in [-0.15, -0.1) is 10.2 Å². The predicted octanol–water partition coefficient (Wildman–Crippen LogP) is 1.12. The summed E-state index contributed by atoms with van der Waals surface area (Å²) in [6.07, 6.45) is 1.78. The summed E-state index contributed by atoms with van der Waals surface area (Å²) in [6, 6.07) is 10.2. The smallest absolute Gasteiger partial charge is 0.228 e. The summed E-state index contributed by atoms with van der Waals surface area (Å²) in [5.74, 6) is 1.87. The molecule has 2 amide bonds. The molecule has 27 heavy (non-hydrogen) atoms. The van der Waals surface area contributed by atoms with E-state index in [1.54, 1.807) is 4.90 Å². The van der Waals surface area contributed by atoms with E-state index < -0.39 is 0 Å². The molecule has 2 aliphatic rings. The van der Waals surface area contributed by atoms with Crippen LogP contribution in [-0.4, -0.2) is 62.6 Å². The number of carbonyl (C=O) groups excluding carboxylic acids is 2. The van der Waals surface area contributed by atoms with Crippen molar-refractivity contribution in [3.8, 4) is 0 Å². The van der Waals surface area contributed by atoms with Crippen molar-refractivity contribution in [1.29, 1.82) is 0 Å². The molecule has 1 atom stereocenters. The first kappa shape index (κ1) is 17.7. The van der Waals surface area contributed by atoms with E-state index in [0.29, 0.717) is 45.6 Å². The van der Waals surface area contributed by atoms with Gasteiger partial charge in [0, 0.05) is 52.0 Å². The normalized spacial score (nSPS) is 19.9. The van der Waals surface area contributed by atoms with Crippen LogP contribution in [-0.2, 0) is 29.0 Å². The minimum absolute atomic E-state index is 0.0907. The number of hydrogen-bond donors (Lipinski definition) is 0. The fourth-order valence-corrected chi connectivity index (χ4v) is 4.01. The predicted molar refractivity (Wildman–Crippen MR) is 99.9 cm³/mol. The Bertz CT molecular complexity index is 832. The second kappa shape index (κ2) is 7.50. The quantitative estimate of drug-likeness (QED) is 0.812. The molecule has 1 unspecified atom stereocenters. The number of rotatable bonds is 4. The standard InChI is InChI=1S/C20H25N5O2/c1-2-23-14-16(13-19(23)26)20(27)24-9-8-17-21-22-18(25(17)11-10-24)12-15-6-4-3-5-7-15/h3-7,16H,2,8-14H2,1H3. The van der Waals surface area contributed by atoms with Gasteiger partial charge in [-0.3, -0.25) is 9.59 Å². The van der Waals surface area contributed by atoms with Crippen LogP contribution in [0.15, 0.2) is 30.3 Å². The highest BCUT2D eigenvalue weighted by molar-refractivity contribution is 5.89. The van der Waals surface area contributed by atoms with Crippen LogP contribution in [0.25, 0.3) is 0 Å². The molecule has 2 aliphatic heterocycles. The van der Waals surface area contributed by atoms with Crippen molar-refractivity contribution in [2.75, 3.05) is 26.2 Å². The second-order valence-corrected chi connectivity index (χ2v) is 7.26. The van der Waals surface area contributed by atoms with Crippen LogP contribution < -0.4 is 0 Å². The summed E-state index contributed by atoms with van der Waals surface area (Å²) < 4.78 is 2.15. The second-order valence-electron chi connectivity index (χ2n) is 7.26. The number of fused-ring (bicyclic) bond motifs is 1. The number of likely N-dealkylation sites (tertiary alicyclic amines) is 1. The van der Waals surface area contributed by atoms with E-state index in [2.05, 4.69) is 26.9 Å². The first-order valence-electron chi connectivity index (χ1n) is 9.67. The van der Waals surface area contributed by atoms with Gasteiger partial charge in [0.25, 0.3) is 0 Å². The fourth-order valence-electron chi connectivity index (χ4n) is 4.01. The number of amides is 2. The molecular formula is C20H25N5O2. The zero-order chi connectivity index (χ0) is 18.8. The Hall–Kier alpha value is -2.70. The molecule has 0 radical (unpaired) electrons. The molecule has 142 valence electrons. The molecule has 1 aromatic heterocycles. The molecule has 0 bridgehead atoms. The van der Waals surface area contributed by atoms with Crippen molar-refractivity contribution in [1.82, 2.24) is 24.6 Å². The molecule has 7 heteroatoms. The summed E-state index contributed by atoms with van der Waals surface area (Å²) in [7, 11) is 0. The highest BCUT2D eigenvalue weighted by Crippen LogP contribution is 2.21. The number of aromatic nitrogens is 3. The van der Waals surface area contributed by atoms with Crippen molar-refractivity contribution in [3.63, 3.8) is 0 Å². The third-order valence-corrected chi connectivity index (χ3v) is 5.57. The van der Waals surface area contributed by atoms with Gasteiger partial charge in [-0.2, -0.15) is 0 Å². The van der Waals surface area contributed by atoms with Crippen molar-refractivity contribution >= 4 is 11.8 Å². The Kier molecular flexibility index (Phi) is 4.92. The first-order valence-corrected chi connectivity index (χ1v) is 9.67. The topological polar surface area (TPSA) is 71.3 Å². The Labute approximate surface area is 159 Å². The Morgan fingerprint density at radius 2 is 1.96 bits per heavy atom. The molecule has 0 spiro atoms. The van der Waals surface area contributed by atoms with Gasteiger partial charge < -0.3 is 14.4 Å². The van der Waals surface area contributed by atoms with E-state index in [1.807, 2.05) is 30.0 Å². The largest absolute Gasteiger partial charge is 0.342 e. The van der Waals surface area contributed by atoms with Crippen LogP contribution in [0.4, 0.5) is 0 Å². The van der Waals surface area contributed by atoms with E-state index in [0.717, 1.165) is 18.1 Å². The zero-order valence-electron chi connectivity index (χ0n) is 15.7. The SMILES string of the molecule is CCN1CC(C(=O)N2CCc3nnc(Cc4ccccc4)n3CC2)CC1=O. The summed E-state index contributed by atoms with van der Waals surface area (Å²) in [6.45, 7) is 5.16. The molecule has 1 fully saturated rings. The van der Waals surface area contributed by atoms with Crippen LogP contribution in [0.3, 0.4) is 0 Å². The van der Waals surface area contributed by atoms with Gasteiger partial charge >= 0.3 is 0 Å². The van der Waals surface area contributed by atoms with E-state index in [9.17, 15) is 9.59 Å². The maximum Gasteiger partial charge on any atom is 0.228 e. The number of benzene rings is 1. The van der Waals surface area contributed by atoms with Gasteiger partial charge in [0.2, 0.25) is 11.8 Å². The molecule has 0 N–H and O–H groups in total. The van der Waals surface area contributed by atoms with Crippen LogP contribution in [0.5, 0.6) is 0 Å². The molecule has 3 heterocycles. The van der Waals surface area contributed by atoms with Crippen LogP contribution in [0, 0.1) is 5.92 Å². The molecule has 7 nitrogen and oxygen atoms in total. The van der Waals surface area contributed by atoms with E-state index >= 15 is 0 Å². The highest BCUT2D eigenvalue weighted by atomic mass is 16.2. The monoisotopic (exact) mass is 367 g/mol. The minimum atomic E-state index is -0.204. The highest BCUT2D eigenvalue weighted by Gasteiger charge is 2.36. The van der Waals surface area contributed by atoms with Gasteiger partial charge in [-0.1, -0.05) is 30.3 Å². The average molecular weight is 367 g/mol. The minimum Gasteiger partial charge on any atom is -0.342 e. The van der Waals surface area contributed by atoms with Gasteiger partial charge in [0.05, 0.1) is 5.92 Å². The number of nitrogens with zero attached hydrogens (tertiary/aromatic N) is 5. The average Bonchev–Trinajstić information content (AvgIpc) is 3.18. The lowest BCUT2D eigenvalue weighted by molar-refractivity contribution is -0.135. The lowest BCUT2D eigenvalue weighted by Gasteiger charge is -2.23. The molecule has 0 aliphatic carbocycles. The summed E-state index contributed by atoms with van der Waals surface area (Å²) >= 11 is 0. The summed E-state index contributed by atoms with van der Waals surface area (Å²) in [5, 5.41) is 8.73. The van der Waals surface area contributed by atoms with Gasteiger partial charge in [0.1, 0.15) is 11.6 Å². The zero-order valence-corrected chi connectivity index (χ0v) is 15.7. The van der Waals surface area contributed by atoms with Crippen molar-refractivity contribution < 1.29 is 9.59 Å². The van der Waals surface area contributed by atoms with Crippen LogP contribution >= 0.6 is 0 Å². The molecule has 0 saturated carbocycles. The van der Waals surface area contributed by atoms with Crippen LogP contribution in [0.1, 0.15) is 30.6 Å². The molecule has 1 saturated heterocycles. The Morgan fingerprint density at radius 1 is 1.15 bits per heavy atom. The van der Waals surface area contributed by atoms with E-state index in [1.165, 1.54) is 5.56 Å². The maximum atomic E-state index is 12.9. The fraction of sp³-hybridized carbons (Fsp3) is 0.500. The third-order valence-electron chi connectivity index (χ3n) is 5.57. The number of hydrogen-bond acceptors (Lipinski definition) is 4. The first-order chi connectivity index (χ1) is 13.2. The summed E-state index contributed by atoms with van der Waals surface area (Å²) in [4.78, 5) is 28.5. The lowest BCUT2D eigenvalue weighted by atomic mass is 10.1. The lowest BCUT2D eigenvalue weighted by Crippen LogP contribution is -2.39. The van der Waals surface area contributed by atoms with Crippen molar-refractivity contribution in [2.45, 2.75) is 32.7 Å². The van der Waals surface area contributed by atoms with E-state index in [4.69, 9.17) is 0 Å². The Morgan fingerprint density at radius 3 is 2.70 bits per heavy atom. The van der Waals surface area contributed by atoms with Gasteiger partial charge in [-0.05, 0) is 12.5 Å². The maximum absolute atomic E-state index is 12.9. The van der Waals surface area contributed by atoms with Crippen molar-refractivity contribution in [2.24, 2.45) is 5.92 Å². The Balaban J connectivity index is 1.43. The molecule has 1 aromatic carbocycles. The summed E-state index contributed by atoms with van der Waals surface area (Å²) in [5.41, 5.74) is 1.20. The van der Waals surface area contributed by atoms with Crippen LogP contribution in [0.2, 0.25) is 0 Å². The number of carbonyl (C=O) groups is 2. The van der Waals surface area contributed by atoms with Crippen molar-refractivity contribution in [3.05, 3.63) is 47.5 Å². The molecule has 2 aromatic rings. The van der Waals surface area contributed by atoms with Gasteiger partial charge in [0.15, 0.2) is 0 Å². The molecular weight excluding hydrogens is 342 g/mol. The third kappa shape index (κ3) is 3.59. The molecule has 4 rings (SSSR count).